The predicted octanol–water partition coefficient (Wildman–Crippen LogP) is 0.845. The van der Waals surface area contributed by atoms with Crippen molar-refractivity contribution in [1.29, 1.82) is 5.41 Å². The molecule has 0 saturated heterocycles. The Bertz CT molecular complexity index is 282. The lowest BCUT2D eigenvalue weighted by atomic mass is 10.1. The zero-order valence-corrected chi connectivity index (χ0v) is 7.16. The Kier molecular flexibility index (Phi) is 3.14. The molecule has 0 unspecified atom stereocenters. The summed E-state index contributed by atoms with van der Waals surface area (Å²) in [6.07, 6.45) is 0.680. The summed E-state index contributed by atoms with van der Waals surface area (Å²) < 4.78 is 4.77. The van der Waals surface area contributed by atoms with Crippen LogP contribution in [0, 0.1) is 5.41 Å². The Balaban J connectivity index is 2.37. The van der Waals surface area contributed by atoms with E-state index in [1.807, 2.05) is 0 Å². The van der Waals surface area contributed by atoms with Crippen molar-refractivity contribution >= 4 is 6.02 Å². The van der Waals surface area contributed by atoms with E-state index in [0.29, 0.717) is 13.0 Å². The molecule has 0 aliphatic rings. The second-order valence-electron chi connectivity index (χ2n) is 2.63. The maximum absolute atomic E-state index is 8.98. The summed E-state index contributed by atoms with van der Waals surface area (Å²) >= 11 is 0. The summed E-state index contributed by atoms with van der Waals surface area (Å²) in [5, 5.41) is 15.8. The van der Waals surface area contributed by atoms with Crippen LogP contribution in [-0.4, -0.2) is 17.7 Å². The average molecular weight is 180 g/mol. The lowest BCUT2D eigenvalue weighted by Gasteiger charge is -2.03. The second kappa shape index (κ2) is 4.35. The Morgan fingerprint density at radius 3 is 2.54 bits per heavy atom. The van der Waals surface area contributed by atoms with E-state index < -0.39 is 0 Å². The lowest BCUT2D eigenvalue weighted by molar-refractivity contribution is 0.301. The van der Waals surface area contributed by atoms with Crippen LogP contribution in [-0.2, 0) is 11.2 Å². The van der Waals surface area contributed by atoms with Crippen molar-refractivity contribution < 1.29 is 9.84 Å². The van der Waals surface area contributed by atoms with Gasteiger partial charge in [0.15, 0.2) is 0 Å². The molecule has 0 fully saturated rings. The third-order valence-electron chi connectivity index (χ3n) is 1.58. The molecule has 0 amide bonds. The number of phenolic OH excluding ortho intramolecular Hbond substituents is 1. The fourth-order valence-corrected chi connectivity index (χ4v) is 0.941. The van der Waals surface area contributed by atoms with Crippen LogP contribution >= 0.6 is 0 Å². The highest BCUT2D eigenvalue weighted by Gasteiger charge is 1.94. The smallest absolute Gasteiger partial charge is 0.279 e. The zero-order chi connectivity index (χ0) is 9.68. The highest BCUT2D eigenvalue weighted by atomic mass is 16.5. The fraction of sp³-hybridized carbons (Fsp3) is 0.222. The van der Waals surface area contributed by atoms with Crippen LogP contribution in [0.15, 0.2) is 24.3 Å². The van der Waals surface area contributed by atoms with Gasteiger partial charge in [-0.05, 0) is 17.7 Å². The average Bonchev–Trinajstić information content (AvgIpc) is 2.08. The van der Waals surface area contributed by atoms with Crippen molar-refractivity contribution in [2.45, 2.75) is 6.42 Å². The van der Waals surface area contributed by atoms with Gasteiger partial charge in [0, 0.05) is 6.42 Å². The summed E-state index contributed by atoms with van der Waals surface area (Å²) in [7, 11) is 0. The third kappa shape index (κ3) is 3.46. The molecule has 4 nitrogen and oxygen atoms in total. The molecule has 0 saturated carbocycles. The molecule has 0 bridgehead atoms. The maximum Gasteiger partial charge on any atom is 0.279 e. The monoisotopic (exact) mass is 180 g/mol. The first-order chi connectivity index (χ1) is 6.18. The van der Waals surface area contributed by atoms with E-state index in [1.165, 1.54) is 0 Å². The molecule has 4 heteroatoms. The maximum atomic E-state index is 8.98. The highest BCUT2D eigenvalue weighted by Crippen LogP contribution is 2.09. The van der Waals surface area contributed by atoms with Gasteiger partial charge in [-0.25, -0.2) is 0 Å². The van der Waals surface area contributed by atoms with Gasteiger partial charge in [0.1, 0.15) is 5.75 Å². The third-order valence-corrected chi connectivity index (χ3v) is 1.58. The standard InChI is InChI=1S/C9H12N2O2/c10-9(11)13-6-5-7-1-3-8(12)4-2-7/h1-4,12H,5-6H2,(H3,10,11). The molecule has 1 aromatic carbocycles. The molecule has 0 radical (unpaired) electrons. The van der Waals surface area contributed by atoms with Gasteiger partial charge in [-0.3, -0.25) is 5.41 Å². The molecule has 0 aliphatic heterocycles. The van der Waals surface area contributed by atoms with Crippen LogP contribution in [0.5, 0.6) is 5.75 Å². The molecule has 13 heavy (non-hydrogen) atoms. The molecular weight excluding hydrogens is 168 g/mol. The van der Waals surface area contributed by atoms with E-state index in [9.17, 15) is 0 Å². The van der Waals surface area contributed by atoms with Crippen molar-refractivity contribution in [3.8, 4) is 5.75 Å². The lowest BCUT2D eigenvalue weighted by Crippen LogP contribution is -2.15. The number of hydrogen-bond acceptors (Lipinski definition) is 3. The number of rotatable bonds is 3. The van der Waals surface area contributed by atoms with E-state index in [0.717, 1.165) is 5.56 Å². The van der Waals surface area contributed by atoms with Crippen LogP contribution in [0.3, 0.4) is 0 Å². The van der Waals surface area contributed by atoms with Crippen LogP contribution in [0.1, 0.15) is 5.56 Å². The van der Waals surface area contributed by atoms with Gasteiger partial charge in [0.25, 0.3) is 6.02 Å². The van der Waals surface area contributed by atoms with Crippen molar-refractivity contribution in [2.24, 2.45) is 5.73 Å². The minimum Gasteiger partial charge on any atom is -0.508 e. The molecule has 0 aromatic heterocycles. The molecule has 1 aromatic rings. The van der Waals surface area contributed by atoms with E-state index in [-0.39, 0.29) is 11.8 Å². The molecule has 1 rings (SSSR count). The second-order valence-corrected chi connectivity index (χ2v) is 2.63. The van der Waals surface area contributed by atoms with Gasteiger partial charge < -0.3 is 15.6 Å². The van der Waals surface area contributed by atoms with Gasteiger partial charge in [-0.15, -0.1) is 0 Å². The van der Waals surface area contributed by atoms with Crippen LogP contribution in [0.2, 0.25) is 0 Å². The zero-order valence-electron chi connectivity index (χ0n) is 7.16. The Labute approximate surface area is 76.5 Å². The van der Waals surface area contributed by atoms with Gasteiger partial charge >= 0.3 is 0 Å². The number of amidine groups is 1. The van der Waals surface area contributed by atoms with Crippen molar-refractivity contribution in [1.82, 2.24) is 0 Å². The largest absolute Gasteiger partial charge is 0.508 e. The molecule has 0 spiro atoms. The Morgan fingerprint density at radius 2 is 2.00 bits per heavy atom. The minimum absolute atomic E-state index is 0.247. The topological polar surface area (TPSA) is 79.3 Å². The Hall–Kier alpha value is -1.71. The van der Waals surface area contributed by atoms with E-state index >= 15 is 0 Å². The molecule has 70 valence electrons. The normalized spacial score (nSPS) is 9.54. The Morgan fingerprint density at radius 1 is 1.38 bits per heavy atom. The number of nitrogens with one attached hydrogen (secondary N) is 1. The van der Waals surface area contributed by atoms with Gasteiger partial charge in [0.05, 0.1) is 6.61 Å². The number of ether oxygens (including phenoxy) is 1. The molecule has 0 atom stereocenters. The highest BCUT2D eigenvalue weighted by molar-refractivity contribution is 5.67. The quantitative estimate of drug-likeness (QED) is 0.476. The summed E-state index contributed by atoms with van der Waals surface area (Å²) in [6.45, 7) is 0.389. The fourth-order valence-electron chi connectivity index (χ4n) is 0.941. The molecule has 0 aliphatic carbocycles. The molecule has 4 N–H and O–H groups in total. The number of aromatic hydroxyl groups is 1. The number of benzene rings is 1. The number of hydrogen-bond donors (Lipinski definition) is 3. The van der Waals surface area contributed by atoms with Crippen LogP contribution in [0.4, 0.5) is 0 Å². The van der Waals surface area contributed by atoms with E-state index in [2.05, 4.69) is 0 Å². The van der Waals surface area contributed by atoms with Crippen molar-refractivity contribution in [3.05, 3.63) is 29.8 Å². The summed E-state index contributed by atoms with van der Waals surface area (Å²) in [4.78, 5) is 0. The summed E-state index contributed by atoms with van der Waals surface area (Å²) in [5.74, 6) is 0.247. The van der Waals surface area contributed by atoms with Gasteiger partial charge in [0.2, 0.25) is 0 Å². The first-order valence-corrected chi connectivity index (χ1v) is 3.93. The summed E-state index contributed by atoms with van der Waals surface area (Å²) in [6, 6.07) is 6.57. The van der Waals surface area contributed by atoms with Crippen molar-refractivity contribution in [3.63, 3.8) is 0 Å². The first-order valence-electron chi connectivity index (χ1n) is 3.93. The van der Waals surface area contributed by atoms with Crippen molar-refractivity contribution in [2.75, 3.05) is 6.61 Å². The predicted molar refractivity (Wildman–Crippen MR) is 49.7 cm³/mol. The van der Waals surface area contributed by atoms with Gasteiger partial charge in [-0.2, -0.15) is 0 Å². The number of phenols is 1. The summed E-state index contributed by atoms with van der Waals surface area (Å²) in [5.41, 5.74) is 6.04. The minimum atomic E-state index is -0.265. The van der Waals surface area contributed by atoms with Gasteiger partial charge in [-0.1, -0.05) is 12.1 Å². The SMILES string of the molecule is N=C(N)OCCc1ccc(O)cc1. The molecular formula is C9H12N2O2. The number of nitrogens with two attached hydrogens (primary N) is 1. The molecule has 0 heterocycles. The first kappa shape index (κ1) is 9.38. The van der Waals surface area contributed by atoms with Crippen LogP contribution in [0.25, 0.3) is 0 Å². The van der Waals surface area contributed by atoms with E-state index in [1.54, 1.807) is 24.3 Å². The van der Waals surface area contributed by atoms with E-state index in [4.69, 9.17) is 21.0 Å². The van der Waals surface area contributed by atoms with Crippen LogP contribution < -0.4 is 5.73 Å².